The van der Waals surface area contributed by atoms with Crippen LogP contribution in [-0.4, -0.2) is 32.4 Å². The molecule has 0 spiro atoms. The molecule has 1 aliphatic heterocycles. The van der Waals surface area contributed by atoms with Crippen LogP contribution in [0, 0.1) is 0 Å². The molecule has 0 radical (unpaired) electrons. The molecule has 0 N–H and O–H groups in total. The Bertz CT molecular complexity index is 742. The van der Waals surface area contributed by atoms with E-state index in [1.807, 2.05) is 42.5 Å². The highest BCUT2D eigenvalue weighted by Crippen LogP contribution is 2.26. The van der Waals surface area contributed by atoms with E-state index in [-0.39, 0.29) is 6.10 Å². The van der Waals surface area contributed by atoms with Gasteiger partial charge in [-0.3, -0.25) is 0 Å². The van der Waals surface area contributed by atoms with Crippen LogP contribution in [0.2, 0.25) is 0 Å². The molecule has 0 aromatic heterocycles. The maximum atomic E-state index is 12.8. The van der Waals surface area contributed by atoms with Crippen molar-refractivity contribution in [3.8, 4) is 0 Å². The molecule has 1 aliphatic rings. The molecule has 0 saturated carbocycles. The van der Waals surface area contributed by atoms with Crippen LogP contribution in [0.15, 0.2) is 59.5 Å². The third-order valence-corrected chi connectivity index (χ3v) is 6.05. The van der Waals surface area contributed by atoms with E-state index in [1.54, 1.807) is 12.1 Å². The summed E-state index contributed by atoms with van der Waals surface area (Å²) < 4.78 is 32.9. The Morgan fingerprint density at radius 2 is 1.78 bits per heavy atom. The molecule has 0 unspecified atom stereocenters. The molecule has 5 heteroatoms. The Morgan fingerprint density at radius 3 is 2.43 bits per heavy atom. The van der Waals surface area contributed by atoms with Crippen LogP contribution in [0.3, 0.4) is 0 Å². The molecule has 4 nitrogen and oxygen atoms in total. The molecule has 0 aliphatic carbocycles. The van der Waals surface area contributed by atoms with E-state index in [0.717, 1.165) is 17.5 Å². The topological polar surface area (TPSA) is 46.6 Å². The highest BCUT2D eigenvalue weighted by molar-refractivity contribution is 7.89. The number of hydrogen-bond acceptors (Lipinski definition) is 3. The lowest BCUT2D eigenvalue weighted by atomic mass is 10.1. The van der Waals surface area contributed by atoms with Gasteiger partial charge in [0.15, 0.2) is 0 Å². The first-order chi connectivity index (χ1) is 11.1. The van der Waals surface area contributed by atoms with Gasteiger partial charge >= 0.3 is 0 Å². The molecule has 1 fully saturated rings. The van der Waals surface area contributed by atoms with Crippen molar-refractivity contribution in [1.82, 2.24) is 4.31 Å². The summed E-state index contributed by atoms with van der Waals surface area (Å²) in [7, 11) is -3.47. The zero-order chi connectivity index (χ0) is 16.3. The van der Waals surface area contributed by atoms with E-state index < -0.39 is 10.0 Å². The van der Waals surface area contributed by atoms with Gasteiger partial charge < -0.3 is 4.74 Å². The molecule has 23 heavy (non-hydrogen) atoms. The first kappa shape index (κ1) is 16.2. The second kappa shape index (κ2) is 6.83. The average Bonchev–Trinajstić information content (AvgIpc) is 2.62. The van der Waals surface area contributed by atoms with Gasteiger partial charge in [-0.05, 0) is 29.7 Å². The predicted octanol–water partition coefficient (Wildman–Crippen LogP) is 3.01. The summed E-state index contributed by atoms with van der Waals surface area (Å²) in [6.07, 6.45) is 0.683. The van der Waals surface area contributed by atoms with Gasteiger partial charge in [-0.1, -0.05) is 49.4 Å². The first-order valence-corrected chi connectivity index (χ1v) is 9.31. The minimum atomic E-state index is -3.47. The Hall–Kier alpha value is -1.69. The highest BCUT2D eigenvalue weighted by Gasteiger charge is 2.31. The van der Waals surface area contributed by atoms with Gasteiger partial charge in [0.2, 0.25) is 10.0 Å². The van der Waals surface area contributed by atoms with E-state index in [0.29, 0.717) is 24.6 Å². The average molecular weight is 331 g/mol. The zero-order valence-electron chi connectivity index (χ0n) is 13.2. The normalized spacial score (nSPS) is 19.6. The van der Waals surface area contributed by atoms with Gasteiger partial charge in [0.05, 0.1) is 17.6 Å². The summed E-state index contributed by atoms with van der Waals surface area (Å²) in [5, 5.41) is 0. The first-order valence-electron chi connectivity index (χ1n) is 7.87. The summed E-state index contributed by atoms with van der Waals surface area (Å²) in [5.41, 5.74) is 2.14. The van der Waals surface area contributed by atoms with Crippen molar-refractivity contribution < 1.29 is 13.2 Å². The molecule has 1 saturated heterocycles. The molecule has 2 aromatic carbocycles. The Labute approximate surface area is 137 Å². The van der Waals surface area contributed by atoms with Crippen molar-refractivity contribution in [2.45, 2.75) is 24.3 Å². The number of benzene rings is 2. The Kier molecular flexibility index (Phi) is 4.80. The van der Waals surface area contributed by atoms with Crippen LogP contribution >= 0.6 is 0 Å². The van der Waals surface area contributed by atoms with Crippen LogP contribution in [0.25, 0.3) is 0 Å². The van der Waals surface area contributed by atoms with Gasteiger partial charge in [-0.15, -0.1) is 0 Å². The zero-order valence-corrected chi connectivity index (χ0v) is 14.0. The third-order valence-electron chi connectivity index (χ3n) is 4.17. The van der Waals surface area contributed by atoms with Crippen LogP contribution in [-0.2, 0) is 21.2 Å². The van der Waals surface area contributed by atoms with E-state index in [9.17, 15) is 8.42 Å². The smallest absolute Gasteiger partial charge is 0.243 e. The summed E-state index contributed by atoms with van der Waals surface area (Å²) in [4.78, 5) is 0.350. The molecule has 1 heterocycles. The van der Waals surface area contributed by atoms with Crippen LogP contribution < -0.4 is 0 Å². The summed E-state index contributed by atoms with van der Waals surface area (Å²) >= 11 is 0. The van der Waals surface area contributed by atoms with Gasteiger partial charge in [-0.2, -0.15) is 4.31 Å². The fraction of sp³-hybridized carbons (Fsp3) is 0.333. The highest BCUT2D eigenvalue weighted by atomic mass is 32.2. The standard InChI is InChI=1S/C18H21NO3S/c1-2-15-8-10-17(11-9-15)23(20,21)19-12-13-22-18(14-19)16-6-4-3-5-7-16/h3-11,18H,2,12-14H2,1H3/t18-/m0/s1. The van der Waals surface area contributed by atoms with Crippen molar-refractivity contribution in [1.29, 1.82) is 0 Å². The van der Waals surface area contributed by atoms with Crippen LogP contribution in [0.1, 0.15) is 24.2 Å². The van der Waals surface area contributed by atoms with Crippen LogP contribution in [0.5, 0.6) is 0 Å². The predicted molar refractivity (Wildman–Crippen MR) is 89.7 cm³/mol. The van der Waals surface area contributed by atoms with Gasteiger partial charge in [0.25, 0.3) is 0 Å². The van der Waals surface area contributed by atoms with Crippen molar-refractivity contribution >= 4 is 10.0 Å². The van der Waals surface area contributed by atoms with E-state index in [1.165, 1.54) is 4.31 Å². The minimum Gasteiger partial charge on any atom is -0.371 e. The van der Waals surface area contributed by atoms with E-state index in [2.05, 4.69) is 6.92 Å². The van der Waals surface area contributed by atoms with Crippen molar-refractivity contribution in [2.75, 3.05) is 19.7 Å². The number of aryl methyl sites for hydroxylation is 1. The molecule has 0 amide bonds. The van der Waals surface area contributed by atoms with Crippen molar-refractivity contribution in [2.24, 2.45) is 0 Å². The molecule has 2 aromatic rings. The summed E-state index contributed by atoms with van der Waals surface area (Å²) in [6.45, 7) is 3.20. The lowest BCUT2D eigenvalue weighted by Crippen LogP contribution is -2.42. The maximum Gasteiger partial charge on any atom is 0.243 e. The number of rotatable bonds is 4. The fourth-order valence-corrected chi connectivity index (χ4v) is 4.18. The monoisotopic (exact) mass is 331 g/mol. The quantitative estimate of drug-likeness (QED) is 0.865. The SMILES string of the molecule is CCc1ccc(S(=O)(=O)N2CCO[C@H](c3ccccc3)C2)cc1. The molecular formula is C18H21NO3S. The van der Waals surface area contributed by atoms with Crippen molar-refractivity contribution in [3.63, 3.8) is 0 Å². The lowest BCUT2D eigenvalue weighted by Gasteiger charge is -2.32. The number of ether oxygens (including phenoxy) is 1. The molecule has 1 atom stereocenters. The number of sulfonamides is 1. The molecular weight excluding hydrogens is 310 g/mol. The van der Waals surface area contributed by atoms with Gasteiger partial charge in [-0.25, -0.2) is 8.42 Å². The van der Waals surface area contributed by atoms with Gasteiger partial charge in [0.1, 0.15) is 0 Å². The largest absolute Gasteiger partial charge is 0.371 e. The maximum absolute atomic E-state index is 12.8. The van der Waals surface area contributed by atoms with Crippen LogP contribution in [0.4, 0.5) is 0 Å². The van der Waals surface area contributed by atoms with E-state index >= 15 is 0 Å². The lowest BCUT2D eigenvalue weighted by molar-refractivity contribution is -0.00255. The molecule has 0 bridgehead atoms. The Balaban J connectivity index is 1.81. The summed E-state index contributed by atoms with van der Waals surface area (Å²) in [6, 6.07) is 16.9. The second-order valence-corrected chi connectivity index (χ2v) is 7.57. The van der Waals surface area contributed by atoms with Gasteiger partial charge in [0, 0.05) is 13.1 Å². The minimum absolute atomic E-state index is 0.213. The number of nitrogens with zero attached hydrogens (tertiary/aromatic N) is 1. The third kappa shape index (κ3) is 3.47. The van der Waals surface area contributed by atoms with E-state index in [4.69, 9.17) is 4.74 Å². The fourth-order valence-electron chi connectivity index (χ4n) is 2.76. The van der Waals surface area contributed by atoms with Crippen molar-refractivity contribution in [3.05, 3.63) is 65.7 Å². The molecule has 122 valence electrons. The molecule has 3 rings (SSSR count). The second-order valence-electron chi connectivity index (χ2n) is 5.63. The summed E-state index contributed by atoms with van der Waals surface area (Å²) in [5.74, 6) is 0. The number of hydrogen-bond donors (Lipinski definition) is 0. The Morgan fingerprint density at radius 1 is 1.09 bits per heavy atom. The number of morpholine rings is 1.